The fourth-order valence-electron chi connectivity index (χ4n) is 5.00. The Morgan fingerprint density at radius 3 is 2.55 bits per heavy atom. The van der Waals surface area contributed by atoms with Crippen LogP contribution in [0, 0.1) is 0 Å². The third kappa shape index (κ3) is 3.44. The molecular weight excluding hydrogens is 412 g/mol. The zero-order chi connectivity index (χ0) is 23.1. The van der Waals surface area contributed by atoms with Crippen LogP contribution in [-0.4, -0.2) is 25.2 Å². The van der Waals surface area contributed by atoms with Gasteiger partial charge in [0.15, 0.2) is 11.5 Å². The summed E-state index contributed by atoms with van der Waals surface area (Å²) in [6.45, 7) is 5.19. The lowest BCUT2D eigenvalue weighted by atomic mass is 9.75. The number of carbonyl (C=O) groups is 1. The second kappa shape index (κ2) is 8.00. The normalized spacial score (nSPS) is 20.5. The number of amides is 1. The van der Waals surface area contributed by atoms with Crippen molar-refractivity contribution in [2.24, 2.45) is 0 Å². The van der Waals surface area contributed by atoms with E-state index in [0.29, 0.717) is 24.7 Å². The Bertz CT molecular complexity index is 1220. The van der Waals surface area contributed by atoms with Crippen LogP contribution in [0.3, 0.4) is 0 Å². The van der Waals surface area contributed by atoms with Gasteiger partial charge < -0.3 is 19.7 Å². The molecule has 5 nitrogen and oxygen atoms in total. The molecule has 1 saturated heterocycles. The molecule has 3 aromatic carbocycles. The zero-order valence-electron chi connectivity index (χ0n) is 19.2. The molecule has 5 heteroatoms. The Balaban J connectivity index is 1.43. The van der Waals surface area contributed by atoms with Gasteiger partial charge in [0.2, 0.25) is 5.91 Å². The predicted molar refractivity (Wildman–Crippen MR) is 130 cm³/mol. The van der Waals surface area contributed by atoms with E-state index in [4.69, 9.17) is 9.47 Å². The van der Waals surface area contributed by atoms with E-state index in [1.807, 2.05) is 54.6 Å². The van der Waals surface area contributed by atoms with Crippen LogP contribution in [-0.2, 0) is 16.8 Å². The van der Waals surface area contributed by atoms with Crippen molar-refractivity contribution >= 4 is 17.7 Å². The maximum absolute atomic E-state index is 12.5. The fourth-order valence-corrected chi connectivity index (χ4v) is 5.00. The first-order valence-corrected chi connectivity index (χ1v) is 11.2. The molecule has 1 fully saturated rings. The average Bonchev–Trinajstić information content (AvgIpc) is 3.27. The quantitative estimate of drug-likeness (QED) is 0.592. The van der Waals surface area contributed by atoms with Gasteiger partial charge in [0.1, 0.15) is 12.3 Å². The predicted octanol–water partition coefficient (Wildman–Crippen LogP) is 4.91. The summed E-state index contributed by atoms with van der Waals surface area (Å²) in [7, 11) is 1.65. The van der Waals surface area contributed by atoms with E-state index in [1.54, 1.807) is 7.11 Å². The molecule has 2 aliphatic heterocycles. The van der Waals surface area contributed by atoms with Gasteiger partial charge in [-0.1, -0.05) is 74.5 Å². The number of hydrogen-bond acceptors (Lipinski definition) is 4. The second-order valence-electron chi connectivity index (χ2n) is 9.06. The maximum atomic E-state index is 12.5. The molecular formula is C28H28N2O3. The lowest BCUT2D eigenvalue weighted by molar-refractivity contribution is -0.118. The first kappa shape index (κ1) is 21.1. The molecule has 0 bridgehead atoms. The molecule has 0 aliphatic carbocycles. The monoisotopic (exact) mass is 440 g/mol. The number of rotatable bonds is 6. The number of benzene rings is 3. The molecule has 5 rings (SSSR count). The molecule has 2 heterocycles. The summed E-state index contributed by atoms with van der Waals surface area (Å²) in [5, 5.41) is 3.26. The first-order valence-electron chi connectivity index (χ1n) is 11.2. The molecule has 1 atom stereocenters. The molecule has 0 radical (unpaired) electrons. The van der Waals surface area contributed by atoms with Crippen molar-refractivity contribution in [1.82, 2.24) is 5.32 Å². The first-order chi connectivity index (χ1) is 15.9. The van der Waals surface area contributed by atoms with Crippen LogP contribution < -0.4 is 19.7 Å². The summed E-state index contributed by atoms with van der Waals surface area (Å²) in [4.78, 5) is 14.7. The molecule has 1 N–H and O–H groups in total. The molecule has 2 aliphatic rings. The van der Waals surface area contributed by atoms with Crippen molar-refractivity contribution in [3.05, 3.63) is 95.6 Å². The third-order valence-corrected chi connectivity index (χ3v) is 6.82. The second-order valence-corrected chi connectivity index (χ2v) is 9.06. The standard InChI is InChI=1S/C28H28N2O3/c1-27(2)22-11-7-8-12-23(22)30-18-26(31)29-28(27,30)16-15-20-13-14-24(25(17-20)32-3)33-19-21-9-5-4-6-10-21/h4-17H,18-19H2,1-3H3,(H,29,31). The number of nitrogens with one attached hydrogen (secondary N) is 1. The number of ether oxygens (including phenoxy) is 2. The lowest BCUT2D eigenvalue weighted by Crippen LogP contribution is -2.58. The summed E-state index contributed by atoms with van der Waals surface area (Å²) in [5.74, 6) is 1.40. The highest BCUT2D eigenvalue weighted by Crippen LogP contribution is 2.52. The Labute approximate surface area is 194 Å². The minimum Gasteiger partial charge on any atom is -0.493 e. The van der Waals surface area contributed by atoms with Crippen molar-refractivity contribution in [2.75, 3.05) is 18.6 Å². The van der Waals surface area contributed by atoms with Crippen molar-refractivity contribution in [1.29, 1.82) is 0 Å². The summed E-state index contributed by atoms with van der Waals surface area (Å²) >= 11 is 0. The van der Waals surface area contributed by atoms with Crippen molar-refractivity contribution < 1.29 is 14.3 Å². The van der Waals surface area contributed by atoms with E-state index in [1.165, 1.54) is 5.56 Å². The van der Waals surface area contributed by atoms with Crippen LogP contribution in [0.1, 0.15) is 30.5 Å². The molecule has 168 valence electrons. The Morgan fingerprint density at radius 1 is 1.00 bits per heavy atom. The highest BCUT2D eigenvalue weighted by Gasteiger charge is 2.59. The molecule has 1 amide bonds. The van der Waals surface area contributed by atoms with Gasteiger partial charge in [-0.2, -0.15) is 0 Å². The van der Waals surface area contributed by atoms with Crippen molar-refractivity contribution in [2.45, 2.75) is 31.5 Å². The number of anilines is 1. The van der Waals surface area contributed by atoms with Crippen molar-refractivity contribution in [3.63, 3.8) is 0 Å². The summed E-state index contributed by atoms with van der Waals surface area (Å²) in [6, 6.07) is 24.3. The highest BCUT2D eigenvalue weighted by atomic mass is 16.5. The fraction of sp³-hybridized carbons (Fsp3) is 0.250. The summed E-state index contributed by atoms with van der Waals surface area (Å²) < 4.78 is 11.6. The molecule has 0 saturated carbocycles. The zero-order valence-corrected chi connectivity index (χ0v) is 19.2. The van der Waals surface area contributed by atoms with Crippen LogP contribution in [0.15, 0.2) is 78.9 Å². The van der Waals surface area contributed by atoms with Gasteiger partial charge in [-0.15, -0.1) is 0 Å². The Hall–Kier alpha value is -3.73. The van der Waals surface area contributed by atoms with E-state index in [0.717, 1.165) is 16.8 Å². The van der Waals surface area contributed by atoms with Gasteiger partial charge in [-0.05, 0) is 41.0 Å². The number of para-hydroxylation sites is 1. The number of carbonyl (C=O) groups excluding carboxylic acids is 1. The van der Waals surface area contributed by atoms with E-state index in [-0.39, 0.29) is 11.3 Å². The Kier molecular flexibility index (Phi) is 5.12. The van der Waals surface area contributed by atoms with Crippen LogP contribution >= 0.6 is 0 Å². The van der Waals surface area contributed by atoms with Gasteiger partial charge in [0, 0.05) is 11.1 Å². The molecule has 1 unspecified atom stereocenters. The van der Waals surface area contributed by atoms with E-state index >= 15 is 0 Å². The van der Waals surface area contributed by atoms with Gasteiger partial charge in [-0.25, -0.2) is 0 Å². The molecule has 0 spiro atoms. The lowest BCUT2D eigenvalue weighted by Gasteiger charge is -2.40. The number of hydrogen-bond donors (Lipinski definition) is 1. The third-order valence-electron chi connectivity index (χ3n) is 6.82. The smallest absolute Gasteiger partial charge is 0.241 e. The Morgan fingerprint density at radius 2 is 1.76 bits per heavy atom. The summed E-state index contributed by atoms with van der Waals surface area (Å²) in [5.41, 5.74) is 3.49. The van der Waals surface area contributed by atoms with Crippen LogP contribution in [0.25, 0.3) is 6.08 Å². The van der Waals surface area contributed by atoms with E-state index in [2.05, 4.69) is 54.4 Å². The molecule has 33 heavy (non-hydrogen) atoms. The number of nitrogens with zero attached hydrogens (tertiary/aromatic N) is 1. The number of methoxy groups -OCH3 is 1. The van der Waals surface area contributed by atoms with E-state index < -0.39 is 5.66 Å². The van der Waals surface area contributed by atoms with Crippen LogP contribution in [0.2, 0.25) is 0 Å². The number of fused-ring (bicyclic) bond motifs is 3. The van der Waals surface area contributed by atoms with Gasteiger partial charge in [0.25, 0.3) is 0 Å². The molecule has 3 aromatic rings. The average molecular weight is 441 g/mol. The van der Waals surface area contributed by atoms with Gasteiger partial charge >= 0.3 is 0 Å². The van der Waals surface area contributed by atoms with E-state index in [9.17, 15) is 4.79 Å². The van der Waals surface area contributed by atoms with Crippen LogP contribution in [0.4, 0.5) is 5.69 Å². The maximum Gasteiger partial charge on any atom is 0.241 e. The van der Waals surface area contributed by atoms with Crippen molar-refractivity contribution in [3.8, 4) is 11.5 Å². The summed E-state index contributed by atoms with van der Waals surface area (Å²) in [6.07, 6.45) is 4.16. The SMILES string of the molecule is COc1cc(C=CC23NC(=O)CN2c2ccccc2C3(C)C)ccc1OCc1ccccc1. The minimum atomic E-state index is -0.622. The van der Waals surface area contributed by atoms with Crippen LogP contribution in [0.5, 0.6) is 11.5 Å². The largest absolute Gasteiger partial charge is 0.493 e. The molecule has 0 aromatic heterocycles. The minimum absolute atomic E-state index is 0.0319. The van der Waals surface area contributed by atoms with Gasteiger partial charge in [-0.3, -0.25) is 4.79 Å². The highest BCUT2D eigenvalue weighted by molar-refractivity contribution is 5.91. The topological polar surface area (TPSA) is 50.8 Å². The van der Waals surface area contributed by atoms with Gasteiger partial charge in [0.05, 0.1) is 13.7 Å².